The van der Waals surface area contributed by atoms with Crippen LogP contribution in [0.5, 0.6) is 11.5 Å². The fraction of sp³-hybridized carbons (Fsp3) is 0.355. The minimum absolute atomic E-state index is 0. The van der Waals surface area contributed by atoms with Crippen molar-refractivity contribution in [1.29, 1.82) is 0 Å². The SMILES string of the molecule is CN1CCCC(N2C(=O)c3cc4nc(-c5c(Cl)cc[nH]c5=O)[nH]c4cc3C2=O)C1.Cc1ccc(OC[C@H](O)CN)c(C)c1.Cc1ccc(OC[C@H](O)CNc2cc[nH]c(=O)c2-c2nc3cc4c(cc3[nH]2)C(=O)N(C2CCCN(C)C2)C4=O)c(C)c1.Cl. The number of ether oxygens (including phenoxy) is 2. The summed E-state index contributed by atoms with van der Waals surface area (Å²) in [7, 11) is 3.99. The monoisotopic (exact) mass is 1210 g/mol. The molecule has 4 amide bonds. The van der Waals surface area contributed by atoms with Gasteiger partial charge < -0.3 is 60.5 Å². The van der Waals surface area contributed by atoms with Crippen LogP contribution in [-0.2, 0) is 0 Å². The summed E-state index contributed by atoms with van der Waals surface area (Å²) in [5, 5.41) is 23.2. The number of aromatic amines is 4. The highest BCUT2D eigenvalue weighted by atomic mass is 35.5. The van der Waals surface area contributed by atoms with E-state index >= 15 is 0 Å². The molecule has 452 valence electrons. The molecule has 0 aliphatic carbocycles. The summed E-state index contributed by atoms with van der Waals surface area (Å²) >= 11 is 6.16. The standard InChI is InChI=1S/C31H34N6O5.C20H18ClN5O3.C11H17NO2.ClH/c1-17-6-7-26(18(2)11-17)42-16-20(38)14-33-23-8-9-32-29(39)27(23)28-34-24-12-21-22(13-25(24)35-28)31(41)37(30(21)40)19-5-4-10-36(3)15-19;1-25-6-2-3-10(9-25)26-19(28)11-7-14-15(8-12(11)20(26)29)24-17(23-14)16-13(21)4-5-22-18(16)27;1-8-3-4-11(9(2)5-8)14-7-10(13)6-12;/h6-9,11-13,19-20,38H,4-5,10,14-16H2,1-3H3,(H,34,35)(H2,32,33,39);4-5,7-8,10H,2-3,6,9H2,1H3,(H,22,27)(H,23,24);3-5,10,13H,6-7,12H2,1-2H3;1H/t19?,20-;;10-;/m1.1./s1. The number of pyridine rings is 2. The van der Waals surface area contributed by atoms with Crippen LogP contribution in [0.4, 0.5) is 5.69 Å². The summed E-state index contributed by atoms with van der Waals surface area (Å²) in [6, 6.07) is 21.3. The first-order valence-corrected chi connectivity index (χ1v) is 28.6. The number of likely N-dealkylation sites (N-methyl/N-ethyl adjacent to an activating group) is 2. The molecule has 8 aromatic rings. The van der Waals surface area contributed by atoms with Gasteiger partial charge in [-0.15, -0.1) is 12.4 Å². The number of fused-ring (bicyclic) bond motifs is 4. The molecule has 0 saturated carbocycles. The number of piperidine rings is 2. The molecule has 0 bridgehead atoms. The number of anilines is 1. The average molecular weight is 1210 g/mol. The van der Waals surface area contributed by atoms with E-state index in [1.54, 1.807) is 36.4 Å². The molecule has 9 N–H and O–H groups in total. The van der Waals surface area contributed by atoms with E-state index in [1.165, 1.54) is 27.8 Å². The number of aromatic nitrogens is 6. The Kier molecular flexibility index (Phi) is 19.3. The van der Waals surface area contributed by atoms with Crippen molar-refractivity contribution >= 4 is 75.4 Å². The summed E-state index contributed by atoms with van der Waals surface area (Å²) < 4.78 is 11.2. The van der Waals surface area contributed by atoms with Gasteiger partial charge in [0.2, 0.25) is 0 Å². The molecule has 4 aromatic carbocycles. The maximum Gasteiger partial charge on any atom is 0.261 e. The number of nitrogens with zero attached hydrogens (tertiary/aromatic N) is 6. The number of hydrogen-bond donors (Lipinski definition) is 8. The first kappa shape index (κ1) is 62.3. The maximum absolute atomic E-state index is 13.3. The van der Waals surface area contributed by atoms with E-state index in [1.807, 2.05) is 78.2 Å². The van der Waals surface area contributed by atoms with Gasteiger partial charge >= 0.3 is 0 Å². The van der Waals surface area contributed by atoms with Gasteiger partial charge in [0.15, 0.2) is 0 Å². The minimum Gasteiger partial charge on any atom is -0.491 e. The zero-order valence-corrected chi connectivity index (χ0v) is 50.2. The number of nitrogens with two attached hydrogens (primary N) is 1. The van der Waals surface area contributed by atoms with Crippen LogP contribution in [0.15, 0.2) is 94.8 Å². The molecule has 2 saturated heterocycles. The number of carbonyl (C=O) groups is 4. The number of aliphatic hydroxyl groups is 2. The van der Waals surface area contributed by atoms with Crippen molar-refractivity contribution in [2.75, 3.05) is 71.9 Å². The van der Waals surface area contributed by atoms with E-state index in [0.717, 1.165) is 61.2 Å². The van der Waals surface area contributed by atoms with Crippen molar-refractivity contribution in [2.24, 2.45) is 5.73 Å². The summed E-state index contributed by atoms with van der Waals surface area (Å²) in [5.41, 5.74) is 13.3. The largest absolute Gasteiger partial charge is 0.491 e. The Morgan fingerprint density at radius 3 is 1.52 bits per heavy atom. The third-order valence-electron chi connectivity index (χ3n) is 15.6. The summed E-state index contributed by atoms with van der Waals surface area (Å²) in [5.74, 6) is 0.918. The molecule has 4 aliphatic heterocycles. The van der Waals surface area contributed by atoms with Crippen LogP contribution in [0.1, 0.15) is 89.4 Å². The molecule has 24 heteroatoms. The second kappa shape index (κ2) is 26.6. The lowest BCUT2D eigenvalue weighted by atomic mass is 10.0. The quantitative estimate of drug-likeness (QED) is 0.0522. The van der Waals surface area contributed by atoms with Crippen molar-refractivity contribution < 1.29 is 38.9 Å². The van der Waals surface area contributed by atoms with Gasteiger partial charge in [0.25, 0.3) is 34.7 Å². The Morgan fingerprint density at radius 2 is 1.07 bits per heavy atom. The van der Waals surface area contributed by atoms with Crippen molar-refractivity contribution in [3.63, 3.8) is 0 Å². The van der Waals surface area contributed by atoms with E-state index in [2.05, 4.69) is 45.0 Å². The molecular weight excluding hydrogens is 1140 g/mol. The van der Waals surface area contributed by atoms with Gasteiger partial charge in [0.1, 0.15) is 59.7 Å². The minimum atomic E-state index is -0.847. The number of carbonyl (C=O) groups excluding carboxylic acids is 4. The van der Waals surface area contributed by atoms with Gasteiger partial charge in [-0.1, -0.05) is 47.0 Å². The highest BCUT2D eigenvalue weighted by Crippen LogP contribution is 2.35. The zero-order valence-electron chi connectivity index (χ0n) is 48.6. The highest BCUT2D eigenvalue weighted by Gasteiger charge is 2.43. The molecule has 8 heterocycles. The Labute approximate surface area is 506 Å². The number of halogens is 2. The van der Waals surface area contributed by atoms with Crippen LogP contribution >= 0.6 is 24.0 Å². The van der Waals surface area contributed by atoms with Crippen molar-refractivity contribution in [3.05, 3.63) is 155 Å². The number of rotatable bonds is 14. The van der Waals surface area contributed by atoms with Crippen molar-refractivity contribution in [1.82, 2.24) is 49.5 Å². The number of likely N-dealkylation sites (tertiary alicyclic amines) is 2. The summed E-state index contributed by atoms with van der Waals surface area (Å²) in [6.45, 7) is 11.9. The number of imide groups is 2. The number of aliphatic hydroxyl groups excluding tert-OH is 2. The summed E-state index contributed by atoms with van der Waals surface area (Å²) in [4.78, 5) is 105. The number of aryl methyl sites for hydroxylation is 4. The smallest absolute Gasteiger partial charge is 0.261 e. The molecule has 4 atom stereocenters. The fourth-order valence-corrected chi connectivity index (χ4v) is 11.5. The normalized spacial score (nSPS) is 17.6. The maximum atomic E-state index is 13.3. The van der Waals surface area contributed by atoms with Gasteiger partial charge in [-0.05, 0) is 140 Å². The third-order valence-corrected chi connectivity index (χ3v) is 16.0. The topological polar surface area (TPSA) is 301 Å². The Balaban J connectivity index is 0.000000173. The lowest BCUT2D eigenvalue weighted by Gasteiger charge is -2.34. The Bertz CT molecular complexity index is 3890. The molecule has 22 nitrogen and oxygen atoms in total. The van der Waals surface area contributed by atoms with Crippen molar-refractivity contribution in [3.8, 4) is 34.3 Å². The first-order chi connectivity index (χ1) is 40.8. The first-order valence-electron chi connectivity index (χ1n) is 28.3. The molecule has 0 spiro atoms. The molecule has 0 radical (unpaired) electrons. The van der Waals surface area contributed by atoms with Crippen LogP contribution in [0.2, 0.25) is 5.02 Å². The van der Waals surface area contributed by atoms with Gasteiger partial charge in [-0.25, -0.2) is 9.97 Å². The second-order valence-corrected chi connectivity index (χ2v) is 22.7. The van der Waals surface area contributed by atoms with E-state index in [0.29, 0.717) is 74.7 Å². The predicted molar refractivity (Wildman–Crippen MR) is 331 cm³/mol. The van der Waals surface area contributed by atoms with Gasteiger partial charge in [-0.2, -0.15) is 0 Å². The van der Waals surface area contributed by atoms with Crippen LogP contribution < -0.4 is 31.6 Å². The Hall–Kier alpha value is -8.22. The second-order valence-electron chi connectivity index (χ2n) is 22.3. The lowest BCUT2D eigenvalue weighted by Crippen LogP contribution is -2.49. The number of benzene rings is 4. The van der Waals surface area contributed by atoms with Crippen LogP contribution in [0.25, 0.3) is 44.8 Å². The molecule has 4 aliphatic rings. The lowest BCUT2D eigenvalue weighted by molar-refractivity contribution is 0.0488. The number of hydrogen-bond acceptors (Lipinski definition) is 16. The molecule has 2 fully saturated rings. The highest BCUT2D eigenvalue weighted by molar-refractivity contribution is 6.33. The van der Waals surface area contributed by atoms with E-state index < -0.39 is 12.2 Å². The fourth-order valence-electron chi connectivity index (χ4n) is 11.3. The number of H-pyrrole nitrogens is 4. The van der Waals surface area contributed by atoms with E-state index in [-0.39, 0.29) is 108 Å². The van der Waals surface area contributed by atoms with Crippen LogP contribution in [0, 0.1) is 27.7 Å². The van der Waals surface area contributed by atoms with Crippen LogP contribution in [0.3, 0.4) is 0 Å². The Morgan fingerprint density at radius 1 is 0.628 bits per heavy atom. The van der Waals surface area contributed by atoms with Crippen LogP contribution in [-0.4, -0.2) is 174 Å². The number of nitrogens with one attached hydrogen (secondary N) is 5. The molecular formula is C62H70Cl2N12O10. The molecule has 86 heavy (non-hydrogen) atoms. The van der Waals surface area contributed by atoms with E-state index in [4.69, 9.17) is 26.8 Å². The van der Waals surface area contributed by atoms with Gasteiger partial charge in [0, 0.05) is 38.6 Å². The molecule has 12 rings (SSSR count). The van der Waals surface area contributed by atoms with Gasteiger partial charge in [0.05, 0.1) is 67.1 Å². The number of imidazole rings is 2. The summed E-state index contributed by atoms with van der Waals surface area (Å²) in [6.07, 6.45) is 5.01. The number of amides is 4. The molecule has 4 aromatic heterocycles. The average Bonchev–Trinajstić information content (AvgIpc) is 2.36. The zero-order chi connectivity index (χ0) is 60.4. The van der Waals surface area contributed by atoms with E-state index in [9.17, 15) is 39.0 Å². The van der Waals surface area contributed by atoms with Crippen molar-refractivity contribution in [2.45, 2.75) is 77.7 Å². The predicted octanol–water partition coefficient (Wildman–Crippen LogP) is 6.76. The van der Waals surface area contributed by atoms with Gasteiger partial charge in [-0.3, -0.25) is 38.6 Å². The third kappa shape index (κ3) is 13.3. The molecule has 2 unspecified atom stereocenters.